The Balaban J connectivity index is 2.11. The second-order valence-electron chi connectivity index (χ2n) is 5.81. The van der Waals surface area contributed by atoms with E-state index in [1.54, 1.807) is 11.3 Å². The molecule has 4 heteroatoms. The average Bonchev–Trinajstić information content (AvgIpc) is 2.98. The fraction of sp³-hybridized carbons (Fsp3) is 0.733. The summed E-state index contributed by atoms with van der Waals surface area (Å²) in [6, 6.07) is 2.52. The van der Waals surface area contributed by atoms with Gasteiger partial charge < -0.3 is 0 Å². The zero-order chi connectivity index (χ0) is 13.7. The van der Waals surface area contributed by atoms with E-state index < -0.39 is 0 Å². The van der Waals surface area contributed by atoms with Crippen LogP contribution in [0.3, 0.4) is 0 Å². The van der Waals surface area contributed by atoms with Crippen LogP contribution in [0.2, 0.25) is 0 Å². The lowest BCUT2D eigenvalue weighted by Crippen LogP contribution is -2.62. The van der Waals surface area contributed by atoms with Gasteiger partial charge in [-0.3, -0.25) is 16.2 Å². The summed E-state index contributed by atoms with van der Waals surface area (Å²) in [5.74, 6) is 5.88. The first kappa shape index (κ1) is 15.0. The van der Waals surface area contributed by atoms with Crippen LogP contribution in [0.4, 0.5) is 0 Å². The molecular formula is C15H27N3S. The number of piperidine rings is 1. The Labute approximate surface area is 121 Å². The van der Waals surface area contributed by atoms with Crippen molar-refractivity contribution < 1.29 is 0 Å². The van der Waals surface area contributed by atoms with Crippen LogP contribution >= 0.6 is 11.3 Å². The molecular weight excluding hydrogens is 254 g/mol. The summed E-state index contributed by atoms with van der Waals surface area (Å²) in [6.45, 7) is 7.08. The van der Waals surface area contributed by atoms with E-state index >= 15 is 0 Å². The molecule has 1 saturated heterocycles. The zero-order valence-corrected chi connectivity index (χ0v) is 13.0. The van der Waals surface area contributed by atoms with Gasteiger partial charge in [-0.15, -0.1) is 0 Å². The molecule has 1 fully saturated rings. The molecule has 2 heterocycles. The lowest BCUT2D eigenvalue weighted by atomic mass is 9.83. The molecule has 19 heavy (non-hydrogen) atoms. The van der Waals surface area contributed by atoms with Crippen LogP contribution in [-0.2, 0) is 6.42 Å². The van der Waals surface area contributed by atoms with Gasteiger partial charge in [-0.05, 0) is 68.1 Å². The van der Waals surface area contributed by atoms with Crippen molar-refractivity contribution in [3.05, 3.63) is 22.4 Å². The quantitative estimate of drug-likeness (QED) is 0.622. The summed E-state index contributed by atoms with van der Waals surface area (Å²) < 4.78 is 0. The predicted molar refractivity (Wildman–Crippen MR) is 83.3 cm³/mol. The summed E-state index contributed by atoms with van der Waals surface area (Å²) in [4.78, 5) is 2.65. The Kier molecular flexibility index (Phi) is 5.39. The van der Waals surface area contributed by atoms with Gasteiger partial charge in [-0.25, -0.2) is 0 Å². The van der Waals surface area contributed by atoms with Crippen LogP contribution in [0.5, 0.6) is 0 Å². The molecule has 0 aliphatic carbocycles. The molecule has 1 aromatic heterocycles. The van der Waals surface area contributed by atoms with Crippen LogP contribution < -0.4 is 11.3 Å². The smallest absolute Gasteiger partial charge is 0.0432 e. The number of hydrogen-bond donors (Lipinski definition) is 2. The number of nitrogens with one attached hydrogen (secondary N) is 1. The molecule has 0 bridgehead atoms. The lowest BCUT2D eigenvalue weighted by Gasteiger charge is -2.47. The summed E-state index contributed by atoms with van der Waals surface area (Å²) >= 11 is 1.76. The Hall–Kier alpha value is -0.420. The molecule has 0 saturated carbocycles. The Morgan fingerprint density at radius 2 is 2.16 bits per heavy atom. The van der Waals surface area contributed by atoms with E-state index in [2.05, 4.69) is 41.0 Å². The molecule has 3 N–H and O–H groups in total. The van der Waals surface area contributed by atoms with Crippen LogP contribution in [0.15, 0.2) is 16.8 Å². The van der Waals surface area contributed by atoms with Crippen molar-refractivity contribution in [3.63, 3.8) is 0 Å². The van der Waals surface area contributed by atoms with Crippen molar-refractivity contribution in [2.45, 2.75) is 57.5 Å². The predicted octanol–water partition coefficient (Wildman–Crippen LogP) is 2.78. The van der Waals surface area contributed by atoms with E-state index in [-0.39, 0.29) is 5.54 Å². The lowest BCUT2D eigenvalue weighted by molar-refractivity contribution is 0.0429. The van der Waals surface area contributed by atoms with Crippen molar-refractivity contribution in [1.29, 1.82) is 0 Å². The summed E-state index contributed by atoms with van der Waals surface area (Å²) in [5.41, 5.74) is 4.64. The van der Waals surface area contributed by atoms with E-state index in [0.717, 1.165) is 12.8 Å². The maximum Gasteiger partial charge on any atom is 0.0432 e. The molecule has 2 atom stereocenters. The van der Waals surface area contributed by atoms with Gasteiger partial charge in [-0.1, -0.05) is 13.3 Å². The van der Waals surface area contributed by atoms with Crippen molar-refractivity contribution >= 4 is 11.3 Å². The third-order valence-corrected chi connectivity index (χ3v) is 5.50. The van der Waals surface area contributed by atoms with Gasteiger partial charge in [-0.2, -0.15) is 11.3 Å². The number of hydrogen-bond acceptors (Lipinski definition) is 4. The summed E-state index contributed by atoms with van der Waals surface area (Å²) in [7, 11) is 0. The number of hydrazine groups is 1. The van der Waals surface area contributed by atoms with Crippen LogP contribution in [0.1, 0.15) is 45.1 Å². The number of nitrogens with zero attached hydrogens (tertiary/aromatic N) is 1. The van der Waals surface area contributed by atoms with Crippen molar-refractivity contribution in [3.8, 4) is 0 Å². The second-order valence-corrected chi connectivity index (χ2v) is 6.59. The molecule has 1 aliphatic rings. The fourth-order valence-electron chi connectivity index (χ4n) is 3.20. The van der Waals surface area contributed by atoms with Crippen molar-refractivity contribution in [2.24, 2.45) is 5.84 Å². The molecule has 1 aliphatic heterocycles. The molecule has 3 nitrogen and oxygen atoms in total. The highest BCUT2D eigenvalue weighted by Crippen LogP contribution is 2.29. The SMILES string of the molecule is CCC(C)(C(Cc1ccsc1)NN)N1CCCCC1. The molecule has 2 rings (SSSR count). The number of nitrogens with two attached hydrogens (primary N) is 1. The monoisotopic (exact) mass is 281 g/mol. The largest absolute Gasteiger partial charge is 0.296 e. The second kappa shape index (κ2) is 6.84. The summed E-state index contributed by atoms with van der Waals surface area (Å²) in [6.07, 6.45) is 6.17. The number of thiophene rings is 1. The van der Waals surface area contributed by atoms with Gasteiger partial charge in [0.1, 0.15) is 0 Å². The summed E-state index contributed by atoms with van der Waals surface area (Å²) in [5, 5.41) is 4.38. The average molecular weight is 281 g/mol. The third kappa shape index (κ3) is 3.37. The van der Waals surface area contributed by atoms with E-state index in [1.165, 1.54) is 37.9 Å². The number of rotatable bonds is 6. The highest BCUT2D eigenvalue weighted by atomic mass is 32.1. The van der Waals surface area contributed by atoms with Gasteiger partial charge >= 0.3 is 0 Å². The topological polar surface area (TPSA) is 41.3 Å². The maximum atomic E-state index is 5.88. The van der Waals surface area contributed by atoms with E-state index in [1.807, 2.05) is 0 Å². The standard InChI is InChI=1S/C15H27N3S/c1-3-15(2,18-8-5-4-6-9-18)14(17-16)11-13-7-10-19-12-13/h7,10,12,14,17H,3-6,8-9,11,16H2,1-2H3. The van der Waals surface area contributed by atoms with Crippen LogP contribution in [0, 0.1) is 0 Å². The molecule has 0 amide bonds. The van der Waals surface area contributed by atoms with E-state index in [0.29, 0.717) is 6.04 Å². The molecule has 0 radical (unpaired) electrons. The maximum absolute atomic E-state index is 5.88. The van der Waals surface area contributed by atoms with Crippen molar-refractivity contribution in [2.75, 3.05) is 13.1 Å². The first-order valence-corrected chi connectivity index (χ1v) is 8.37. The molecule has 108 valence electrons. The highest BCUT2D eigenvalue weighted by molar-refractivity contribution is 7.07. The van der Waals surface area contributed by atoms with Gasteiger partial charge in [0.2, 0.25) is 0 Å². The van der Waals surface area contributed by atoms with E-state index in [9.17, 15) is 0 Å². The van der Waals surface area contributed by atoms with Crippen LogP contribution in [-0.4, -0.2) is 29.6 Å². The first-order valence-electron chi connectivity index (χ1n) is 7.43. The third-order valence-electron chi connectivity index (χ3n) is 4.77. The minimum atomic E-state index is 0.150. The van der Waals surface area contributed by atoms with Gasteiger partial charge in [0.15, 0.2) is 0 Å². The molecule has 0 aromatic carbocycles. The minimum Gasteiger partial charge on any atom is -0.296 e. The van der Waals surface area contributed by atoms with Gasteiger partial charge in [0.25, 0.3) is 0 Å². The molecule has 2 unspecified atom stereocenters. The zero-order valence-electron chi connectivity index (χ0n) is 12.2. The van der Waals surface area contributed by atoms with Crippen LogP contribution in [0.25, 0.3) is 0 Å². The highest BCUT2D eigenvalue weighted by Gasteiger charge is 2.38. The Bertz CT molecular complexity index is 359. The Morgan fingerprint density at radius 1 is 1.42 bits per heavy atom. The molecule has 1 aromatic rings. The normalized spacial score (nSPS) is 22.1. The first-order chi connectivity index (χ1) is 9.20. The molecule has 0 spiro atoms. The van der Waals surface area contributed by atoms with Crippen molar-refractivity contribution in [1.82, 2.24) is 10.3 Å². The number of likely N-dealkylation sites (tertiary alicyclic amines) is 1. The van der Waals surface area contributed by atoms with Gasteiger partial charge in [0.05, 0.1) is 0 Å². The van der Waals surface area contributed by atoms with E-state index in [4.69, 9.17) is 5.84 Å². The Morgan fingerprint density at radius 3 is 2.68 bits per heavy atom. The fourth-order valence-corrected chi connectivity index (χ4v) is 3.88. The van der Waals surface area contributed by atoms with Gasteiger partial charge in [0, 0.05) is 11.6 Å². The minimum absolute atomic E-state index is 0.150.